The molecule has 2 amide bonds. The molecule has 7 nitrogen and oxygen atoms in total. The van der Waals surface area contributed by atoms with E-state index >= 15 is 0 Å². The van der Waals surface area contributed by atoms with E-state index in [2.05, 4.69) is 20.8 Å². The highest BCUT2D eigenvalue weighted by molar-refractivity contribution is 5.78. The molecular weight excluding hydrogens is 420 g/mol. The summed E-state index contributed by atoms with van der Waals surface area (Å²) in [5.74, 6) is 0.143. The van der Waals surface area contributed by atoms with E-state index in [9.17, 15) is 14.4 Å². The summed E-state index contributed by atoms with van der Waals surface area (Å²) >= 11 is 0. The molecule has 0 aromatic heterocycles. The van der Waals surface area contributed by atoms with Gasteiger partial charge in [0, 0.05) is 40.2 Å². The van der Waals surface area contributed by atoms with Gasteiger partial charge in [0.05, 0.1) is 30.7 Å². The first kappa shape index (κ1) is 31.5. The maximum atomic E-state index is 13.6. The molecular formula is C26H50N2O5. The van der Waals surface area contributed by atoms with Crippen LogP contribution in [0.4, 0.5) is 0 Å². The largest absolute Gasteiger partial charge is 0.379 e. The number of rotatable bonds is 17. The number of amides is 2. The Kier molecular flexibility index (Phi) is 15.5. The summed E-state index contributed by atoms with van der Waals surface area (Å²) in [6.45, 7) is 14.6. The van der Waals surface area contributed by atoms with E-state index in [1.165, 1.54) is 0 Å². The Hall–Kier alpha value is -1.47. The molecule has 33 heavy (non-hydrogen) atoms. The summed E-state index contributed by atoms with van der Waals surface area (Å²) in [7, 11) is 5.03. The molecule has 0 aliphatic heterocycles. The van der Waals surface area contributed by atoms with Crippen molar-refractivity contribution in [2.24, 2.45) is 17.8 Å². The first-order chi connectivity index (χ1) is 15.5. The molecule has 0 fully saturated rings. The van der Waals surface area contributed by atoms with Gasteiger partial charge >= 0.3 is 0 Å². The Bertz CT molecular complexity index is 583. The lowest BCUT2D eigenvalue weighted by molar-refractivity contribution is -0.147. The Morgan fingerprint density at radius 2 is 1.55 bits per heavy atom. The third-order valence-electron chi connectivity index (χ3n) is 6.74. The van der Waals surface area contributed by atoms with Gasteiger partial charge in [0.25, 0.3) is 0 Å². The number of ether oxygens (including phenoxy) is 2. The van der Waals surface area contributed by atoms with Crippen LogP contribution in [0.5, 0.6) is 0 Å². The number of hydrogen-bond acceptors (Lipinski definition) is 5. The Morgan fingerprint density at radius 1 is 0.939 bits per heavy atom. The standard InChI is InChI=1S/C26H50N2O5/c1-11-14-21(26(33-10)20(7)17-29)28(13-3)24(31)16-22(32-9)25(19(6)12-2)27(8)23(30)15-18(4)5/h17-22,25-26H,11-16H2,1-10H3. The van der Waals surface area contributed by atoms with Gasteiger partial charge in [0.2, 0.25) is 11.8 Å². The first-order valence-corrected chi connectivity index (χ1v) is 12.6. The van der Waals surface area contributed by atoms with Crippen molar-refractivity contribution >= 4 is 18.1 Å². The van der Waals surface area contributed by atoms with E-state index in [0.717, 1.165) is 25.5 Å². The number of likely N-dealkylation sites (N-methyl/N-ethyl adjacent to an activating group) is 2. The molecule has 0 saturated carbocycles. The fourth-order valence-electron chi connectivity index (χ4n) is 4.72. The predicted octanol–water partition coefficient (Wildman–Crippen LogP) is 4.18. The van der Waals surface area contributed by atoms with Gasteiger partial charge in [-0.25, -0.2) is 0 Å². The van der Waals surface area contributed by atoms with Crippen molar-refractivity contribution < 1.29 is 23.9 Å². The van der Waals surface area contributed by atoms with E-state index in [-0.39, 0.29) is 54.2 Å². The number of hydrogen-bond donors (Lipinski definition) is 0. The maximum Gasteiger partial charge on any atom is 0.225 e. The van der Waals surface area contributed by atoms with E-state index < -0.39 is 6.10 Å². The van der Waals surface area contributed by atoms with Crippen molar-refractivity contribution in [3.8, 4) is 0 Å². The lowest BCUT2D eigenvalue weighted by Crippen LogP contribution is -2.54. The zero-order chi connectivity index (χ0) is 25.7. The van der Waals surface area contributed by atoms with Gasteiger partial charge in [0.15, 0.2) is 0 Å². The monoisotopic (exact) mass is 470 g/mol. The molecule has 0 aliphatic carbocycles. The molecule has 0 aromatic carbocycles. The number of nitrogens with zero attached hydrogens (tertiary/aromatic N) is 2. The third-order valence-corrected chi connectivity index (χ3v) is 6.74. The molecule has 6 atom stereocenters. The van der Waals surface area contributed by atoms with Gasteiger partial charge < -0.3 is 24.1 Å². The SMILES string of the molecule is CCCC(C(OC)C(C)C=O)N(CC)C(=O)CC(OC)C(C(C)CC)N(C)C(=O)CC(C)C. The third kappa shape index (κ3) is 9.36. The number of aldehydes is 1. The van der Waals surface area contributed by atoms with Gasteiger partial charge in [-0.1, -0.05) is 54.4 Å². The molecule has 0 radical (unpaired) electrons. The van der Waals surface area contributed by atoms with E-state index in [1.54, 1.807) is 19.1 Å². The molecule has 0 N–H and O–H groups in total. The molecule has 0 saturated heterocycles. The smallest absolute Gasteiger partial charge is 0.225 e. The topological polar surface area (TPSA) is 76.2 Å². The van der Waals surface area contributed by atoms with Crippen LogP contribution in [0.2, 0.25) is 0 Å². The Labute approximate surface area is 202 Å². The van der Waals surface area contributed by atoms with Crippen LogP contribution in [0, 0.1) is 17.8 Å². The van der Waals surface area contributed by atoms with E-state index in [0.29, 0.717) is 13.0 Å². The van der Waals surface area contributed by atoms with Crippen LogP contribution in [0.15, 0.2) is 0 Å². The zero-order valence-electron chi connectivity index (χ0n) is 22.8. The second-order valence-electron chi connectivity index (χ2n) is 9.69. The van der Waals surface area contributed by atoms with Gasteiger partial charge in [-0.15, -0.1) is 0 Å². The summed E-state index contributed by atoms with van der Waals surface area (Å²) in [6.07, 6.45) is 3.22. The molecule has 0 rings (SSSR count). The fourth-order valence-corrected chi connectivity index (χ4v) is 4.72. The minimum atomic E-state index is -0.422. The summed E-state index contributed by atoms with van der Waals surface area (Å²) in [5.41, 5.74) is 0. The van der Waals surface area contributed by atoms with Crippen molar-refractivity contribution in [3.63, 3.8) is 0 Å². The Balaban J connectivity index is 5.90. The summed E-state index contributed by atoms with van der Waals surface area (Å²) < 4.78 is 11.5. The van der Waals surface area contributed by atoms with Crippen molar-refractivity contribution in [1.82, 2.24) is 9.80 Å². The molecule has 6 unspecified atom stereocenters. The maximum absolute atomic E-state index is 13.6. The summed E-state index contributed by atoms with van der Waals surface area (Å²) in [5, 5.41) is 0. The molecule has 0 aliphatic rings. The second-order valence-corrected chi connectivity index (χ2v) is 9.69. The Morgan fingerprint density at radius 3 is 1.94 bits per heavy atom. The molecule has 0 aromatic rings. The number of methoxy groups -OCH3 is 2. The number of carbonyl (C=O) groups is 3. The molecule has 7 heteroatoms. The highest BCUT2D eigenvalue weighted by Gasteiger charge is 2.37. The quantitative estimate of drug-likeness (QED) is 0.298. The summed E-state index contributed by atoms with van der Waals surface area (Å²) in [6, 6.07) is -0.400. The fraction of sp³-hybridized carbons (Fsp3) is 0.885. The lowest BCUT2D eigenvalue weighted by atomic mass is 9.89. The minimum Gasteiger partial charge on any atom is -0.379 e. The molecule has 0 bridgehead atoms. The average molecular weight is 471 g/mol. The van der Waals surface area contributed by atoms with Crippen LogP contribution >= 0.6 is 0 Å². The van der Waals surface area contributed by atoms with Crippen molar-refractivity contribution in [1.29, 1.82) is 0 Å². The van der Waals surface area contributed by atoms with Crippen molar-refractivity contribution in [2.45, 2.75) is 105 Å². The first-order valence-electron chi connectivity index (χ1n) is 12.6. The highest BCUT2D eigenvalue weighted by atomic mass is 16.5. The van der Waals surface area contributed by atoms with Crippen LogP contribution < -0.4 is 0 Å². The number of carbonyl (C=O) groups excluding carboxylic acids is 3. The average Bonchev–Trinajstić information content (AvgIpc) is 2.78. The van der Waals surface area contributed by atoms with Gasteiger partial charge in [0.1, 0.15) is 6.29 Å². The zero-order valence-corrected chi connectivity index (χ0v) is 22.8. The van der Waals surface area contributed by atoms with E-state index in [1.807, 2.05) is 39.6 Å². The van der Waals surface area contributed by atoms with Crippen LogP contribution in [0.1, 0.15) is 80.6 Å². The predicted molar refractivity (Wildman–Crippen MR) is 133 cm³/mol. The van der Waals surface area contributed by atoms with Gasteiger partial charge in [-0.05, 0) is 25.2 Å². The second kappa shape index (κ2) is 16.2. The normalized spacial score (nSPS) is 17.1. The highest BCUT2D eigenvalue weighted by Crippen LogP contribution is 2.26. The van der Waals surface area contributed by atoms with Gasteiger partial charge in [-0.3, -0.25) is 9.59 Å². The van der Waals surface area contributed by atoms with Gasteiger partial charge in [-0.2, -0.15) is 0 Å². The molecule has 194 valence electrons. The lowest BCUT2D eigenvalue weighted by Gasteiger charge is -2.41. The van der Waals surface area contributed by atoms with Crippen molar-refractivity contribution in [2.75, 3.05) is 27.8 Å². The van der Waals surface area contributed by atoms with E-state index in [4.69, 9.17) is 9.47 Å². The van der Waals surface area contributed by atoms with Crippen LogP contribution in [0.25, 0.3) is 0 Å². The van der Waals surface area contributed by atoms with Crippen LogP contribution in [0.3, 0.4) is 0 Å². The van der Waals surface area contributed by atoms with Crippen LogP contribution in [-0.2, 0) is 23.9 Å². The van der Waals surface area contributed by atoms with Crippen LogP contribution in [-0.4, -0.2) is 80.0 Å². The molecule has 0 spiro atoms. The summed E-state index contributed by atoms with van der Waals surface area (Å²) in [4.78, 5) is 41.5. The molecule has 0 heterocycles. The minimum absolute atomic E-state index is 0.0408. The van der Waals surface area contributed by atoms with Crippen molar-refractivity contribution in [3.05, 3.63) is 0 Å².